The number of rotatable bonds is 7. The predicted molar refractivity (Wildman–Crippen MR) is 96.3 cm³/mol. The van der Waals surface area contributed by atoms with Gasteiger partial charge in [0.1, 0.15) is 0 Å². The first-order valence-electron chi connectivity index (χ1n) is 6.19. The molecule has 0 amide bonds. The van der Waals surface area contributed by atoms with E-state index < -0.39 is 0 Å². The number of halogens is 3. The quantitative estimate of drug-likeness (QED) is 0.301. The minimum Gasteiger partial charge on any atom is -0.375 e. The number of guanidine groups is 1. The lowest BCUT2D eigenvalue weighted by Crippen LogP contribution is -2.34. The Morgan fingerprint density at radius 1 is 1.40 bits per heavy atom. The fraction of sp³-hybridized carbons (Fsp3) is 0.462. The summed E-state index contributed by atoms with van der Waals surface area (Å²) in [4.78, 5) is 4.11. The fourth-order valence-electron chi connectivity index (χ4n) is 1.36. The van der Waals surface area contributed by atoms with Gasteiger partial charge in [0, 0.05) is 23.1 Å². The van der Waals surface area contributed by atoms with E-state index in [4.69, 9.17) is 33.7 Å². The summed E-state index contributed by atoms with van der Waals surface area (Å²) >= 11 is 11.8. The summed E-state index contributed by atoms with van der Waals surface area (Å²) in [5.41, 5.74) is 6.56. The van der Waals surface area contributed by atoms with Gasteiger partial charge in [0.2, 0.25) is 0 Å². The van der Waals surface area contributed by atoms with E-state index in [1.54, 1.807) is 12.1 Å². The molecule has 1 aromatic carbocycles. The fourth-order valence-corrected chi connectivity index (χ4v) is 1.82. The minimum atomic E-state index is 0. The Hall–Kier alpha value is -0.240. The Balaban J connectivity index is 0.00000361. The van der Waals surface area contributed by atoms with Crippen molar-refractivity contribution in [3.63, 3.8) is 0 Å². The summed E-state index contributed by atoms with van der Waals surface area (Å²) in [6, 6.07) is 5.35. The van der Waals surface area contributed by atoms with Crippen LogP contribution in [0.2, 0.25) is 10.0 Å². The Labute approximate surface area is 147 Å². The molecule has 1 aromatic rings. The van der Waals surface area contributed by atoms with Gasteiger partial charge in [-0.05, 0) is 24.1 Å². The van der Waals surface area contributed by atoms with Crippen LogP contribution in [0.5, 0.6) is 0 Å². The number of benzene rings is 1. The molecule has 0 heterocycles. The van der Waals surface area contributed by atoms with E-state index in [2.05, 4.69) is 17.2 Å². The minimum absolute atomic E-state index is 0. The number of hydrogen-bond donors (Lipinski definition) is 2. The monoisotopic (exact) mass is 431 g/mol. The van der Waals surface area contributed by atoms with Crippen molar-refractivity contribution in [1.82, 2.24) is 5.32 Å². The van der Waals surface area contributed by atoms with Crippen molar-refractivity contribution >= 4 is 53.1 Å². The second kappa shape index (κ2) is 11.4. The van der Waals surface area contributed by atoms with Crippen LogP contribution in [0, 0.1) is 0 Å². The van der Waals surface area contributed by atoms with E-state index in [0.29, 0.717) is 35.8 Å². The molecular formula is C13H20Cl2IN3O. The van der Waals surface area contributed by atoms with Gasteiger partial charge in [-0.3, -0.25) is 4.99 Å². The molecule has 0 aromatic heterocycles. The highest BCUT2D eigenvalue weighted by Gasteiger charge is 2.01. The molecule has 0 saturated carbocycles. The molecule has 3 N–H and O–H groups in total. The van der Waals surface area contributed by atoms with E-state index in [0.717, 1.165) is 18.5 Å². The Kier molecular flexibility index (Phi) is 11.3. The van der Waals surface area contributed by atoms with Gasteiger partial charge in [0.15, 0.2) is 5.96 Å². The Morgan fingerprint density at radius 2 is 2.15 bits per heavy atom. The maximum atomic E-state index is 6.03. The van der Waals surface area contributed by atoms with Crippen molar-refractivity contribution in [2.45, 2.75) is 20.0 Å². The first-order valence-corrected chi connectivity index (χ1v) is 6.94. The van der Waals surface area contributed by atoms with Crippen molar-refractivity contribution in [2.24, 2.45) is 10.7 Å². The number of ether oxygens (including phenoxy) is 1. The average Bonchev–Trinajstić information content (AvgIpc) is 2.38. The van der Waals surface area contributed by atoms with E-state index >= 15 is 0 Å². The third-order valence-electron chi connectivity index (χ3n) is 2.33. The average molecular weight is 432 g/mol. The second-order valence-corrected chi connectivity index (χ2v) is 4.83. The Morgan fingerprint density at radius 3 is 2.80 bits per heavy atom. The topological polar surface area (TPSA) is 59.6 Å². The van der Waals surface area contributed by atoms with E-state index in [1.165, 1.54) is 0 Å². The molecule has 0 radical (unpaired) electrons. The zero-order valence-electron chi connectivity index (χ0n) is 11.4. The van der Waals surface area contributed by atoms with E-state index in [1.807, 2.05) is 6.07 Å². The zero-order valence-corrected chi connectivity index (χ0v) is 15.2. The van der Waals surface area contributed by atoms with E-state index in [-0.39, 0.29) is 24.0 Å². The molecule has 0 spiro atoms. The normalized spacial score (nSPS) is 11.1. The number of aliphatic imine (C=N–C) groups is 1. The maximum Gasteiger partial charge on any atom is 0.188 e. The molecule has 0 saturated heterocycles. The van der Waals surface area contributed by atoms with Crippen LogP contribution in [0.15, 0.2) is 23.2 Å². The van der Waals surface area contributed by atoms with Crippen molar-refractivity contribution in [3.05, 3.63) is 33.8 Å². The Bertz CT molecular complexity index is 430. The van der Waals surface area contributed by atoms with Gasteiger partial charge < -0.3 is 15.8 Å². The van der Waals surface area contributed by atoms with Crippen LogP contribution < -0.4 is 11.1 Å². The molecule has 0 aliphatic rings. The maximum absolute atomic E-state index is 6.03. The molecule has 7 heteroatoms. The summed E-state index contributed by atoms with van der Waals surface area (Å²) < 4.78 is 5.49. The van der Waals surface area contributed by atoms with Crippen molar-refractivity contribution in [1.29, 1.82) is 0 Å². The smallest absolute Gasteiger partial charge is 0.188 e. The molecule has 0 atom stereocenters. The molecule has 20 heavy (non-hydrogen) atoms. The first-order chi connectivity index (χ1) is 9.13. The molecular weight excluding hydrogens is 412 g/mol. The van der Waals surface area contributed by atoms with Crippen LogP contribution in [0.1, 0.15) is 18.9 Å². The highest BCUT2D eigenvalue weighted by molar-refractivity contribution is 14.0. The van der Waals surface area contributed by atoms with Gasteiger partial charge in [-0.25, -0.2) is 0 Å². The first kappa shape index (κ1) is 19.8. The van der Waals surface area contributed by atoms with Crippen LogP contribution >= 0.6 is 47.2 Å². The third-order valence-corrected chi connectivity index (χ3v) is 2.92. The zero-order chi connectivity index (χ0) is 14.1. The highest BCUT2D eigenvalue weighted by Crippen LogP contribution is 2.21. The van der Waals surface area contributed by atoms with Crippen LogP contribution in [-0.2, 0) is 11.3 Å². The molecule has 4 nitrogen and oxygen atoms in total. The summed E-state index contributed by atoms with van der Waals surface area (Å²) in [6.07, 6.45) is 0.980. The summed E-state index contributed by atoms with van der Waals surface area (Å²) in [5.74, 6) is 0.454. The SMILES string of the molecule is CCCN=C(N)NCCOCc1ccc(Cl)cc1Cl.I. The largest absolute Gasteiger partial charge is 0.375 e. The lowest BCUT2D eigenvalue weighted by molar-refractivity contribution is 0.125. The number of hydrogen-bond acceptors (Lipinski definition) is 2. The molecule has 0 aliphatic heterocycles. The van der Waals surface area contributed by atoms with Crippen LogP contribution in [-0.4, -0.2) is 25.7 Å². The van der Waals surface area contributed by atoms with Crippen molar-refractivity contribution in [2.75, 3.05) is 19.7 Å². The van der Waals surface area contributed by atoms with Gasteiger partial charge >= 0.3 is 0 Å². The molecule has 1 rings (SSSR count). The molecule has 0 fully saturated rings. The second-order valence-electron chi connectivity index (χ2n) is 3.98. The molecule has 0 unspecified atom stereocenters. The standard InChI is InChI=1S/C13H19Cl2N3O.HI/c1-2-5-17-13(16)18-6-7-19-9-10-3-4-11(14)8-12(10)15;/h3-4,8H,2,5-7,9H2,1H3,(H3,16,17,18);1H. The van der Waals surface area contributed by atoms with Crippen LogP contribution in [0.25, 0.3) is 0 Å². The lowest BCUT2D eigenvalue weighted by atomic mass is 10.2. The van der Waals surface area contributed by atoms with Crippen LogP contribution in [0.4, 0.5) is 0 Å². The predicted octanol–water partition coefficient (Wildman–Crippen LogP) is 3.44. The van der Waals surface area contributed by atoms with Gasteiger partial charge in [0.05, 0.1) is 13.2 Å². The number of nitrogens with one attached hydrogen (secondary N) is 1. The lowest BCUT2D eigenvalue weighted by Gasteiger charge is -2.08. The number of nitrogens with two attached hydrogens (primary N) is 1. The molecule has 114 valence electrons. The molecule has 0 aliphatic carbocycles. The van der Waals surface area contributed by atoms with Gasteiger partial charge in [-0.1, -0.05) is 36.2 Å². The van der Waals surface area contributed by atoms with E-state index in [9.17, 15) is 0 Å². The number of nitrogens with zero attached hydrogens (tertiary/aromatic N) is 1. The summed E-state index contributed by atoms with van der Waals surface area (Å²) in [7, 11) is 0. The molecule has 0 bridgehead atoms. The highest BCUT2D eigenvalue weighted by atomic mass is 127. The van der Waals surface area contributed by atoms with Gasteiger partial charge in [0.25, 0.3) is 0 Å². The third kappa shape index (κ3) is 8.14. The summed E-state index contributed by atoms with van der Waals surface area (Å²) in [6.45, 7) is 4.38. The summed E-state index contributed by atoms with van der Waals surface area (Å²) in [5, 5.41) is 4.21. The van der Waals surface area contributed by atoms with Crippen molar-refractivity contribution in [3.8, 4) is 0 Å². The van der Waals surface area contributed by atoms with Crippen LogP contribution in [0.3, 0.4) is 0 Å². The van der Waals surface area contributed by atoms with Gasteiger partial charge in [-0.15, -0.1) is 24.0 Å². The van der Waals surface area contributed by atoms with Gasteiger partial charge in [-0.2, -0.15) is 0 Å². The van der Waals surface area contributed by atoms with Crippen molar-refractivity contribution < 1.29 is 4.74 Å².